The molecule has 98 valence electrons. The molecule has 0 bridgehead atoms. The van der Waals surface area contributed by atoms with Gasteiger partial charge >= 0.3 is 0 Å². The van der Waals surface area contributed by atoms with Gasteiger partial charge in [-0.05, 0) is 60.1 Å². The fraction of sp³-hybridized carbons (Fsp3) is 0.462. The van der Waals surface area contributed by atoms with Gasteiger partial charge in [0.15, 0.2) is 0 Å². The summed E-state index contributed by atoms with van der Waals surface area (Å²) in [5, 5.41) is 12.6. The summed E-state index contributed by atoms with van der Waals surface area (Å²) in [5.74, 6) is -0.193. The fourth-order valence-electron chi connectivity index (χ4n) is 2.24. The highest BCUT2D eigenvalue weighted by atomic mass is 127. The molecule has 0 aliphatic heterocycles. The van der Waals surface area contributed by atoms with Gasteiger partial charge in [-0.3, -0.25) is 4.79 Å². The van der Waals surface area contributed by atoms with E-state index in [4.69, 9.17) is 4.74 Å². The molecule has 0 aromatic heterocycles. The summed E-state index contributed by atoms with van der Waals surface area (Å²) in [4.78, 5) is 12.1. The number of nitrogens with one attached hydrogen (secondary N) is 1. The largest absolute Gasteiger partial charge is 0.507 e. The Bertz CT molecular complexity index is 450. The lowest BCUT2D eigenvalue weighted by atomic mass is 10.1. The number of phenols is 1. The van der Waals surface area contributed by atoms with Crippen molar-refractivity contribution in [3.8, 4) is 5.75 Å². The van der Waals surface area contributed by atoms with E-state index in [0.29, 0.717) is 5.56 Å². The first-order valence-electron chi connectivity index (χ1n) is 5.92. The minimum atomic E-state index is -0.215. The summed E-state index contributed by atoms with van der Waals surface area (Å²) >= 11 is 2.12. The van der Waals surface area contributed by atoms with E-state index in [2.05, 4.69) is 27.9 Å². The van der Waals surface area contributed by atoms with Gasteiger partial charge in [-0.2, -0.15) is 0 Å². The van der Waals surface area contributed by atoms with Crippen molar-refractivity contribution in [3.05, 3.63) is 27.3 Å². The van der Waals surface area contributed by atoms with E-state index in [-0.39, 0.29) is 23.8 Å². The molecule has 1 saturated carbocycles. The van der Waals surface area contributed by atoms with Crippen LogP contribution in [0.1, 0.15) is 29.6 Å². The highest BCUT2D eigenvalue weighted by Gasteiger charge is 2.26. The number of rotatable bonds is 3. The standard InChI is InChI=1S/C13H16INO3/c1-18-10-4-3-9(7-10)15-13(17)11-6-8(14)2-5-12(11)16/h2,5-6,9-10,16H,3-4,7H2,1H3,(H,15,17). The molecule has 0 spiro atoms. The number of benzene rings is 1. The van der Waals surface area contributed by atoms with E-state index in [0.717, 1.165) is 22.8 Å². The van der Waals surface area contributed by atoms with Crippen LogP contribution in [0.4, 0.5) is 0 Å². The van der Waals surface area contributed by atoms with E-state index >= 15 is 0 Å². The maximum Gasteiger partial charge on any atom is 0.255 e. The van der Waals surface area contributed by atoms with Gasteiger partial charge in [0.2, 0.25) is 0 Å². The number of amides is 1. The summed E-state index contributed by atoms with van der Waals surface area (Å²) in [5.41, 5.74) is 0.336. The third-order valence-electron chi connectivity index (χ3n) is 3.26. The Hall–Kier alpha value is -0.820. The molecule has 1 aliphatic carbocycles. The second kappa shape index (κ2) is 5.88. The molecule has 2 rings (SSSR count). The van der Waals surface area contributed by atoms with Crippen LogP contribution in [0.15, 0.2) is 18.2 Å². The predicted octanol–water partition coefficient (Wildman–Crippen LogP) is 2.29. The topological polar surface area (TPSA) is 58.6 Å². The van der Waals surface area contributed by atoms with Gasteiger partial charge in [0, 0.05) is 16.7 Å². The van der Waals surface area contributed by atoms with Gasteiger partial charge < -0.3 is 15.2 Å². The molecule has 0 saturated heterocycles. The van der Waals surface area contributed by atoms with Gasteiger partial charge in [-0.1, -0.05) is 0 Å². The van der Waals surface area contributed by atoms with Crippen LogP contribution in [0.3, 0.4) is 0 Å². The van der Waals surface area contributed by atoms with Crippen LogP contribution in [0.5, 0.6) is 5.75 Å². The first kappa shape index (κ1) is 13.6. The molecule has 0 heterocycles. The Balaban J connectivity index is 2.02. The number of aromatic hydroxyl groups is 1. The summed E-state index contributed by atoms with van der Waals surface area (Å²) in [6, 6.07) is 5.14. The number of hydrogen-bond acceptors (Lipinski definition) is 3. The van der Waals surface area contributed by atoms with Crippen molar-refractivity contribution >= 4 is 28.5 Å². The van der Waals surface area contributed by atoms with Crippen LogP contribution >= 0.6 is 22.6 Å². The molecule has 5 heteroatoms. The molecule has 2 N–H and O–H groups in total. The minimum Gasteiger partial charge on any atom is -0.507 e. The molecule has 1 amide bonds. The molecule has 18 heavy (non-hydrogen) atoms. The summed E-state index contributed by atoms with van der Waals surface area (Å²) in [6.45, 7) is 0. The average Bonchev–Trinajstić information content (AvgIpc) is 2.80. The van der Waals surface area contributed by atoms with Crippen LogP contribution in [0, 0.1) is 3.57 Å². The molecule has 0 radical (unpaired) electrons. The lowest BCUT2D eigenvalue weighted by Gasteiger charge is -2.13. The zero-order chi connectivity index (χ0) is 13.1. The zero-order valence-corrected chi connectivity index (χ0v) is 12.3. The first-order chi connectivity index (χ1) is 8.60. The smallest absolute Gasteiger partial charge is 0.255 e. The normalized spacial score (nSPS) is 23.0. The predicted molar refractivity (Wildman–Crippen MR) is 76.7 cm³/mol. The van der Waals surface area contributed by atoms with E-state index in [1.807, 2.05) is 0 Å². The molecule has 1 aromatic carbocycles. The third kappa shape index (κ3) is 3.14. The number of halogens is 1. The Kier molecular flexibility index (Phi) is 4.45. The van der Waals surface area contributed by atoms with Gasteiger partial charge in [0.25, 0.3) is 5.91 Å². The first-order valence-corrected chi connectivity index (χ1v) is 7.00. The molecule has 4 nitrogen and oxygen atoms in total. The number of methoxy groups -OCH3 is 1. The highest BCUT2D eigenvalue weighted by molar-refractivity contribution is 14.1. The molecule has 1 aliphatic rings. The van der Waals surface area contributed by atoms with Crippen molar-refractivity contribution in [2.24, 2.45) is 0 Å². The number of ether oxygens (including phenoxy) is 1. The third-order valence-corrected chi connectivity index (χ3v) is 3.93. The monoisotopic (exact) mass is 361 g/mol. The fourth-order valence-corrected chi connectivity index (χ4v) is 2.73. The minimum absolute atomic E-state index is 0.0224. The number of phenolic OH excluding ortho intramolecular Hbond substituents is 1. The van der Waals surface area contributed by atoms with Crippen molar-refractivity contribution in [3.63, 3.8) is 0 Å². The molecule has 2 unspecified atom stereocenters. The Morgan fingerprint density at radius 1 is 1.50 bits per heavy atom. The van der Waals surface area contributed by atoms with E-state index in [1.54, 1.807) is 25.3 Å². The van der Waals surface area contributed by atoms with E-state index in [9.17, 15) is 9.90 Å². The lowest BCUT2D eigenvalue weighted by molar-refractivity contribution is 0.0912. The molecule has 1 fully saturated rings. The summed E-state index contributed by atoms with van der Waals surface area (Å²) in [7, 11) is 1.69. The molecular formula is C13H16INO3. The van der Waals surface area contributed by atoms with Crippen LogP contribution in [-0.2, 0) is 4.74 Å². The molecule has 2 atom stereocenters. The van der Waals surface area contributed by atoms with Crippen molar-refractivity contribution in [1.29, 1.82) is 0 Å². The van der Waals surface area contributed by atoms with E-state index in [1.165, 1.54) is 0 Å². The summed E-state index contributed by atoms with van der Waals surface area (Å²) < 4.78 is 6.20. The van der Waals surface area contributed by atoms with Crippen molar-refractivity contribution in [2.45, 2.75) is 31.4 Å². The average molecular weight is 361 g/mol. The van der Waals surface area contributed by atoms with Gasteiger partial charge in [-0.25, -0.2) is 0 Å². The summed E-state index contributed by atoms with van der Waals surface area (Å²) in [6.07, 6.45) is 2.97. The molecular weight excluding hydrogens is 345 g/mol. The zero-order valence-electron chi connectivity index (χ0n) is 10.1. The van der Waals surface area contributed by atoms with Crippen molar-refractivity contribution in [1.82, 2.24) is 5.32 Å². The van der Waals surface area contributed by atoms with Crippen molar-refractivity contribution in [2.75, 3.05) is 7.11 Å². The number of hydrogen-bond donors (Lipinski definition) is 2. The highest BCUT2D eigenvalue weighted by Crippen LogP contribution is 2.24. The van der Waals surface area contributed by atoms with Gasteiger partial charge in [-0.15, -0.1) is 0 Å². The van der Waals surface area contributed by atoms with Crippen LogP contribution in [-0.4, -0.2) is 30.3 Å². The SMILES string of the molecule is COC1CCC(NC(=O)c2cc(I)ccc2O)C1. The second-order valence-electron chi connectivity index (χ2n) is 4.50. The maximum absolute atomic E-state index is 12.1. The van der Waals surface area contributed by atoms with Gasteiger partial charge in [0.05, 0.1) is 11.7 Å². The van der Waals surface area contributed by atoms with E-state index < -0.39 is 0 Å². The van der Waals surface area contributed by atoms with Crippen molar-refractivity contribution < 1.29 is 14.6 Å². The van der Waals surface area contributed by atoms with Crippen LogP contribution in [0.25, 0.3) is 0 Å². The quantitative estimate of drug-likeness (QED) is 0.813. The Morgan fingerprint density at radius 2 is 2.28 bits per heavy atom. The second-order valence-corrected chi connectivity index (χ2v) is 5.75. The maximum atomic E-state index is 12.1. The van der Waals surface area contributed by atoms with Crippen LogP contribution in [0.2, 0.25) is 0 Å². The number of carbonyl (C=O) groups is 1. The van der Waals surface area contributed by atoms with Crippen LogP contribution < -0.4 is 5.32 Å². The van der Waals surface area contributed by atoms with Gasteiger partial charge in [0.1, 0.15) is 5.75 Å². The Morgan fingerprint density at radius 3 is 2.94 bits per heavy atom. The lowest BCUT2D eigenvalue weighted by Crippen LogP contribution is -2.33. The Labute approximate surface area is 120 Å². The number of carbonyl (C=O) groups excluding carboxylic acids is 1. The molecule has 1 aromatic rings.